The van der Waals surface area contributed by atoms with Crippen LogP contribution in [0.4, 0.5) is 10.5 Å². The van der Waals surface area contributed by atoms with Crippen molar-refractivity contribution in [3.05, 3.63) is 24.3 Å². The number of urea groups is 1. The molecule has 0 bridgehead atoms. The second-order valence-corrected chi connectivity index (χ2v) is 7.38. The molecule has 0 aromatic heterocycles. The Bertz CT molecular complexity index is 793. The van der Waals surface area contributed by atoms with Crippen molar-refractivity contribution in [2.75, 3.05) is 18.5 Å². The number of aliphatic hydroxyl groups excluding tert-OH is 2. The molecule has 0 aliphatic carbocycles. The fourth-order valence-corrected chi connectivity index (χ4v) is 2.85. The van der Waals surface area contributed by atoms with Crippen molar-refractivity contribution in [2.24, 2.45) is 5.92 Å². The van der Waals surface area contributed by atoms with Crippen molar-refractivity contribution in [3.8, 4) is 18.1 Å². The summed E-state index contributed by atoms with van der Waals surface area (Å²) >= 11 is 0. The maximum absolute atomic E-state index is 11.4. The Morgan fingerprint density at radius 3 is 2.27 bits per heavy atom. The van der Waals surface area contributed by atoms with Crippen LogP contribution in [0.15, 0.2) is 24.3 Å². The molecule has 0 spiro atoms. The van der Waals surface area contributed by atoms with Gasteiger partial charge >= 0.3 is 18.0 Å². The molecule has 0 radical (unpaired) electrons. The minimum absolute atomic E-state index is 0.0399. The molecule has 7 N–H and O–H groups in total. The zero-order valence-electron chi connectivity index (χ0n) is 18.0. The Labute approximate surface area is 191 Å². The van der Waals surface area contributed by atoms with E-state index in [1.165, 1.54) is 12.1 Å². The number of hydrogen-bond acceptors (Lipinski definition) is 7. The van der Waals surface area contributed by atoms with E-state index >= 15 is 0 Å². The number of carbonyl (C=O) groups is 3. The van der Waals surface area contributed by atoms with Crippen LogP contribution >= 0.6 is 0 Å². The topological polar surface area (TPSA) is 186 Å². The monoisotopic (exact) mass is 466 g/mol. The van der Waals surface area contributed by atoms with Crippen LogP contribution in [0.2, 0.25) is 0 Å². The first kappa shape index (κ1) is 27.7. The largest absolute Gasteiger partial charge is 0.508 e. The van der Waals surface area contributed by atoms with Crippen LogP contribution in [0.5, 0.6) is 5.75 Å². The zero-order chi connectivity index (χ0) is 24.8. The van der Waals surface area contributed by atoms with E-state index in [9.17, 15) is 19.5 Å². The lowest BCUT2D eigenvalue weighted by atomic mass is 9.94. The number of aliphatic carboxylic acids is 2. The predicted molar refractivity (Wildman–Crippen MR) is 118 cm³/mol. The number of unbranched alkanes of at least 4 members (excludes halogenated alkanes) is 2. The molecular formula is C22H30N2O9. The van der Waals surface area contributed by atoms with Crippen molar-refractivity contribution < 1.29 is 44.7 Å². The Hall–Kier alpha value is -3.33. The van der Waals surface area contributed by atoms with E-state index in [1.54, 1.807) is 12.1 Å². The van der Waals surface area contributed by atoms with Crippen molar-refractivity contribution in [3.63, 3.8) is 0 Å². The van der Waals surface area contributed by atoms with Gasteiger partial charge in [0.2, 0.25) is 0 Å². The lowest BCUT2D eigenvalue weighted by molar-refractivity contribution is -0.161. The minimum Gasteiger partial charge on any atom is -0.508 e. The van der Waals surface area contributed by atoms with Gasteiger partial charge < -0.3 is 40.9 Å². The average molecular weight is 466 g/mol. The Morgan fingerprint density at radius 1 is 1.09 bits per heavy atom. The SMILES string of the molecule is C#CCCCCNC(=O)Nc1ccc(O)cc1.O=C(O)C(CC1CC(O)C(O)CO1)C(=O)O. The van der Waals surface area contributed by atoms with Gasteiger partial charge in [-0.15, -0.1) is 12.3 Å². The van der Waals surface area contributed by atoms with E-state index in [2.05, 4.69) is 16.6 Å². The third-order valence-corrected chi connectivity index (χ3v) is 4.70. The van der Waals surface area contributed by atoms with Gasteiger partial charge in [0.15, 0.2) is 5.92 Å². The molecule has 1 aromatic carbocycles. The number of amides is 2. The smallest absolute Gasteiger partial charge is 0.319 e. The number of hydrogen-bond donors (Lipinski definition) is 7. The number of benzene rings is 1. The van der Waals surface area contributed by atoms with Crippen LogP contribution in [-0.2, 0) is 14.3 Å². The number of ether oxygens (including phenoxy) is 1. The van der Waals surface area contributed by atoms with Crippen molar-refractivity contribution >= 4 is 23.7 Å². The highest BCUT2D eigenvalue weighted by Crippen LogP contribution is 2.21. The molecule has 2 amide bonds. The molecule has 0 saturated carbocycles. The van der Waals surface area contributed by atoms with Crippen molar-refractivity contribution in [1.82, 2.24) is 5.32 Å². The zero-order valence-corrected chi connectivity index (χ0v) is 18.0. The van der Waals surface area contributed by atoms with Crippen molar-refractivity contribution in [1.29, 1.82) is 0 Å². The molecular weight excluding hydrogens is 436 g/mol. The first-order valence-electron chi connectivity index (χ1n) is 10.3. The van der Waals surface area contributed by atoms with E-state index in [-0.39, 0.29) is 31.2 Å². The number of aromatic hydroxyl groups is 1. The van der Waals surface area contributed by atoms with Gasteiger partial charge in [-0.05, 0) is 43.5 Å². The van der Waals surface area contributed by atoms with Gasteiger partial charge in [-0.3, -0.25) is 9.59 Å². The molecule has 3 unspecified atom stereocenters. The molecule has 3 atom stereocenters. The number of aliphatic hydroxyl groups is 2. The number of rotatable bonds is 9. The fraction of sp³-hybridized carbons (Fsp3) is 0.500. The van der Waals surface area contributed by atoms with E-state index in [4.69, 9.17) is 31.6 Å². The Morgan fingerprint density at radius 2 is 1.73 bits per heavy atom. The van der Waals surface area contributed by atoms with E-state index in [0.717, 1.165) is 19.3 Å². The summed E-state index contributed by atoms with van der Waals surface area (Å²) in [6.45, 7) is 0.489. The summed E-state index contributed by atoms with van der Waals surface area (Å²) in [5.41, 5.74) is 0.643. The van der Waals surface area contributed by atoms with Gasteiger partial charge in [0, 0.05) is 25.1 Å². The second-order valence-electron chi connectivity index (χ2n) is 7.38. The summed E-state index contributed by atoms with van der Waals surface area (Å²) in [5.74, 6) is -1.70. The molecule has 1 aromatic rings. The lowest BCUT2D eigenvalue weighted by Gasteiger charge is -2.31. The van der Waals surface area contributed by atoms with E-state index in [0.29, 0.717) is 12.2 Å². The van der Waals surface area contributed by atoms with Crippen LogP contribution < -0.4 is 10.6 Å². The third-order valence-electron chi connectivity index (χ3n) is 4.70. The summed E-state index contributed by atoms with van der Waals surface area (Å²) < 4.78 is 5.05. The molecule has 1 fully saturated rings. The number of phenolic OH excluding ortho intramolecular Hbond substituents is 1. The molecule has 11 heteroatoms. The maximum Gasteiger partial charge on any atom is 0.319 e. The molecule has 1 saturated heterocycles. The number of carboxylic acids is 2. The van der Waals surface area contributed by atoms with Crippen LogP contribution in [0.25, 0.3) is 0 Å². The summed E-state index contributed by atoms with van der Waals surface area (Å²) in [6, 6.07) is 6.04. The van der Waals surface area contributed by atoms with E-state index < -0.39 is 36.2 Å². The quantitative estimate of drug-likeness (QED) is 0.121. The Kier molecular flexibility index (Phi) is 12.3. The number of carbonyl (C=O) groups excluding carboxylic acids is 1. The first-order valence-corrected chi connectivity index (χ1v) is 10.3. The highest BCUT2D eigenvalue weighted by Gasteiger charge is 2.34. The molecule has 2 rings (SSSR count). The highest BCUT2D eigenvalue weighted by atomic mass is 16.5. The third kappa shape index (κ3) is 11.2. The van der Waals surface area contributed by atoms with Gasteiger partial charge in [-0.1, -0.05) is 0 Å². The number of anilines is 1. The number of carboxylic acid groups (broad SMARTS) is 2. The van der Waals surface area contributed by atoms with Gasteiger partial charge in [-0.25, -0.2) is 4.79 Å². The second kappa shape index (κ2) is 14.7. The summed E-state index contributed by atoms with van der Waals surface area (Å²) in [6.07, 6.45) is 4.81. The fourth-order valence-electron chi connectivity index (χ4n) is 2.85. The molecule has 1 aliphatic rings. The normalized spacial score (nSPS) is 19.5. The van der Waals surface area contributed by atoms with Crippen LogP contribution in [0.3, 0.4) is 0 Å². The highest BCUT2D eigenvalue weighted by molar-refractivity contribution is 5.92. The number of nitrogens with one attached hydrogen (secondary N) is 2. The van der Waals surface area contributed by atoms with Gasteiger partial charge in [0.1, 0.15) is 11.9 Å². The standard InChI is InChI=1S/C13H16N2O2.C9H14O7/c1-2-3-4-5-10-14-13(17)15-11-6-8-12(16)9-7-11;10-6-2-4(16-3-7(6)11)1-5(8(12)13)9(14)15/h1,6-9,16H,3-5,10H2,(H2,14,15,17);4-7,10-11H,1-3H2,(H,12,13)(H,14,15). The minimum atomic E-state index is -1.55. The van der Waals surface area contributed by atoms with Crippen LogP contribution in [0.1, 0.15) is 32.1 Å². The molecule has 33 heavy (non-hydrogen) atoms. The van der Waals surface area contributed by atoms with Crippen LogP contribution in [-0.4, -0.2) is 75.0 Å². The lowest BCUT2D eigenvalue weighted by Crippen LogP contribution is -2.43. The average Bonchev–Trinajstić information content (AvgIpc) is 2.76. The number of terminal acetylenes is 1. The number of phenols is 1. The van der Waals surface area contributed by atoms with Crippen molar-refractivity contribution in [2.45, 2.75) is 50.4 Å². The Balaban J connectivity index is 0.000000331. The van der Waals surface area contributed by atoms with Gasteiger partial charge in [0.25, 0.3) is 0 Å². The molecule has 1 aliphatic heterocycles. The van der Waals surface area contributed by atoms with Crippen LogP contribution in [0, 0.1) is 18.3 Å². The van der Waals surface area contributed by atoms with Gasteiger partial charge in [0.05, 0.1) is 18.8 Å². The maximum atomic E-state index is 11.4. The summed E-state index contributed by atoms with van der Waals surface area (Å²) in [5, 5.41) is 50.2. The molecule has 1 heterocycles. The predicted octanol–water partition coefficient (Wildman–Crippen LogP) is 0.990. The first-order chi connectivity index (χ1) is 15.6. The van der Waals surface area contributed by atoms with Gasteiger partial charge in [-0.2, -0.15) is 0 Å². The summed E-state index contributed by atoms with van der Waals surface area (Å²) in [7, 11) is 0. The molecule has 182 valence electrons. The van der Waals surface area contributed by atoms with E-state index in [1.807, 2.05) is 0 Å². The molecule has 11 nitrogen and oxygen atoms in total. The summed E-state index contributed by atoms with van der Waals surface area (Å²) in [4.78, 5) is 32.6.